The molecule has 0 aliphatic carbocycles. The lowest BCUT2D eigenvalue weighted by Gasteiger charge is -2.12. The Bertz CT molecular complexity index is 460. The summed E-state index contributed by atoms with van der Waals surface area (Å²) in [7, 11) is 0. The molecule has 0 fully saturated rings. The highest BCUT2D eigenvalue weighted by Crippen LogP contribution is 2.21. The first kappa shape index (κ1) is 13.2. The molecule has 0 saturated heterocycles. The molecule has 4 nitrogen and oxygen atoms in total. The highest BCUT2D eigenvalue weighted by molar-refractivity contribution is 5.93. The lowest BCUT2D eigenvalue weighted by Crippen LogP contribution is -2.13. The van der Waals surface area contributed by atoms with Gasteiger partial charge in [0.25, 0.3) is 0 Å². The Morgan fingerprint density at radius 1 is 1.47 bits per heavy atom. The molecule has 0 spiro atoms. The Kier molecular flexibility index (Phi) is 4.68. The third-order valence-electron chi connectivity index (χ3n) is 2.54. The highest BCUT2D eigenvalue weighted by Gasteiger charge is 2.19. The van der Waals surface area contributed by atoms with Gasteiger partial charge in [-0.1, -0.05) is 13.0 Å². The number of carbonyl (C=O) groups excluding carboxylic acids is 1. The van der Waals surface area contributed by atoms with Gasteiger partial charge < -0.3 is 9.84 Å². The van der Waals surface area contributed by atoms with E-state index < -0.39 is 5.97 Å². The van der Waals surface area contributed by atoms with Gasteiger partial charge in [0.05, 0.1) is 30.4 Å². The lowest BCUT2D eigenvalue weighted by atomic mass is 9.95. The van der Waals surface area contributed by atoms with E-state index in [2.05, 4.69) is 0 Å². The largest absolute Gasteiger partial charge is 0.462 e. The minimum absolute atomic E-state index is 0.267. The molecule has 0 aliphatic heterocycles. The average molecular weight is 233 g/mol. The Labute approximate surface area is 100 Å². The number of rotatable bonds is 4. The summed E-state index contributed by atoms with van der Waals surface area (Å²) in [4.78, 5) is 11.8. The van der Waals surface area contributed by atoms with Crippen molar-refractivity contribution in [2.45, 2.75) is 26.9 Å². The second-order valence-electron chi connectivity index (χ2n) is 3.47. The van der Waals surface area contributed by atoms with E-state index in [4.69, 9.17) is 10.00 Å². The van der Waals surface area contributed by atoms with Crippen LogP contribution >= 0.6 is 0 Å². The van der Waals surface area contributed by atoms with Crippen LogP contribution in [0.25, 0.3) is 0 Å². The highest BCUT2D eigenvalue weighted by atomic mass is 16.5. The molecule has 0 aliphatic rings. The second-order valence-corrected chi connectivity index (χ2v) is 3.47. The van der Waals surface area contributed by atoms with Crippen LogP contribution in [-0.4, -0.2) is 17.7 Å². The van der Waals surface area contributed by atoms with Crippen LogP contribution in [0.5, 0.6) is 0 Å². The maximum Gasteiger partial charge on any atom is 0.338 e. The zero-order chi connectivity index (χ0) is 12.8. The predicted octanol–water partition coefficient (Wildman–Crippen LogP) is 1.79. The number of benzene rings is 1. The fraction of sp³-hybridized carbons (Fsp3) is 0.385. The lowest BCUT2D eigenvalue weighted by molar-refractivity contribution is 0.0521. The van der Waals surface area contributed by atoms with Crippen molar-refractivity contribution in [3.63, 3.8) is 0 Å². The number of carbonyl (C=O) groups is 1. The number of aliphatic hydroxyl groups is 1. The molecule has 0 bridgehead atoms. The molecule has 0 saturated carbocycles. The minimum atomic E-state index is -0.481. The zero-order valence-corrected chi connectivity index (χ0v) is 9.99. The molecule has 0 unspecified atom stereocenters. The SMILES string of the molecule is CCOC(=O)c1c(CC)ccc(C#N)c1CO. The number of nitrogens with zero attached hydrogens (tertiary/aromatic N) is 1. The molecule has 1 rings (SSSR count). The monoisotopic (exact) mass is 233 g/mol. The van der Waals surface area contributed by atoms with Crippen LogP contribution in [0.3, 0.4) is 0 Å². The van der Waals surface area contributed by atoms with E-state index in [1.807, 2.05) is 13.0 Å². The van der Waals surface area contributed by atoms with Gasteiger partial charge in [0, 0.05) is 5.56 Å². The van der Waals surface area contributed by atoms with Crippen LogP contribution in [0.1, 0.15) is 40.9 Å². The van der Waals surface area contributed by atoms with Crippen LogP contribution in [0, 0.1) is 11.3 Å². The summed E-state index contributed by atoms with van der Waals surface area (Å²) in [6.45, 7) is 3.55. The topological polar surface area (TPSA) is 70.3 Å². The van der Waals surface area contributed by atoms with E-state index in [-0.39, 0.29) is 13.2 Å². The number of esters is 1. The van der Waals surface area contributed by atoms with E-state index in [0.29, 0.717) is 23.1 Å². The van der Waals surface area contributed by atoms with Gasteiger partial charge in [-0.15, -0.1) is 0 Å². The molecule has 1 aromatic rings. The van der Waals surface area contributed by atoms with Crippen molar-refractivity contribution in [3.8, 4) is 6.07 Å². The maximum absolute atomic E-state index is 11.8. The minimum Gasteiger partial charge on any atom is -0.462 e. The van der Waals surface area contributed by atoms with Crippen LogP contribution in [0.15, 0.2) is 12.1 Å². The van der Waals surface area contributed by atoms with E-state index in [9.17, 15) is 9.90 Å². The van der Waals surface area contributed by atoms with E-state index >= 15 is 0 Å². The van der Waals surface area contributed by atoms with Gasteiger partial charge in [0.15, 0.2) is 0 Å². The summed E-state index contributed by atoms with van der Waals surface area (Å²) in [5.41, 5.74) is 1.78. The fourth-order valence-corrected chi connectivity index (χ4v) is 1.72. The Hall–Kier alpha value is -1.86. The van der Waals surface area contributed by atoms with Crippen molar-refractivity contribution in [1.82, 2.24) is 0 Å². The van der Waals surface area contributed by atoms with Gasteiger partial charge in [0.2, 0.25) is 0 Å². The second kappa shape index (κ2) is 6.02. The van der Waals surface area contributed by atoms with Crippen LogP contribution in [-0.2, 0) is 17.8 Å². The van der Waals surface area contributed by atoms with Gasteiger partial charge in [-0.05, 0) is 25.0 Å². The fourth-order valence-electron chi connectivity index (χ4n) is 1.72. The molecule has 1 aromatic carbocycles. The van der Waals surface area contributed by atoms with Crippen molar-refractivity contribution < 1.29 is 14.6 Å². The molecular formula is C13H15NO3. The van der Waals surface area contributed by atoms with Gasteiger partial charge >= 0.3 is 5.97 Å². The Morgan fingerprint density at radius 2 is 2.18 bits per heavy atom. The number of ether oxygens (including phenoxy) is 1. The first-order chi connectivity index (χ1) is 8.19. The van der Waals surface area contributed by atoms with Gasteiger partial charge in [-0.25, -0.2) is 4.79 Å². The van der Waals surface area contributed by atoms with Crippen molar-refractivity contribution in [1.29, 1.82) is 5.26 Å². The molecular weight excluding hydrogens is 218 g/mol. The first-order valence-electron chi connectivity index (χ1n) is 5.52. The zero-order valence-electron chi connectivity index (χ0n) is 9.99. The number of nitriles is 1. The predicted molar refractivity (Wildman–Crippen MR) is 62.4 cm³/mol. The summed E-state index contributed by atoms with van der Waals surface area (Å²) in [5, 5.41) is 18.2. The van der Waals surface area contributed by atoms with Gasteiger partial charge in [-0.3, -0.25) is 0 Å². The third kappa shape index (κ3) is 2.63. The van der Waals surface area contributed by atoms with Gasteiger partial charge in [0.1, 0.15) is 0 Å². The summed E-state index contributed by atoms with van der Waals surface area (Å²) in [6.07, 6.45) is 0.646. The number of hydrogen-bond acceptors (Lipinski definition) is 4. The normalized spacial score (nSPS) is 9.76. The molecule has 0 amide bonds. The summed E-state index contributed by atoms with van der Waals surface area (Å²) in [5.74, 6) is -0.481. The standard InChI is InChI=1S/C13H15NO3/c1-3-9-5-6-10(7-14)11(8-15)12(9)13(16)17-4-2/h5-6,15H,3-4,8H2,1-2H3. The molecule has 4 heteroatoms. The van der Waals surface area contributed by atoms with E-state index in [0.717, 1.165) is 5.56 Å². The molecule has 1 N–H and O–H groups in total. The smallest absolute Gasteiger partial charge is 0.338 e. The average Bonchev–Trinajstić information content (AvgIpc) is 2.36. The molecule has 0 radical (unpaired) electrons. The van der Waals surface area contributed by atoms with Crippen LogP contribution in [0.4, 0.5) is 0 Å². The van der Waals surface area contributed by atoms with Crippen LogP contribution in [0.2, 0.25) is 0 Å². The number of aryl methyl sites for hydroxylation is 1. The Balaban J connectivity index is 3.41. The maximum atomic E-state index is 11.8. The molecule has 0 atom stereocenters. The molecule has 17 heavy (non-hydrogen) atoms. The molecule has 0 aromatic heterocycles. The van der Waals surface area contributed by atoms with Gasteiger partial charge in [-0.2, -0.15) is 5.26 Å². The summed E-state index contributed by atoms with van der Waals surface area (Å²) in [6, 6.07) is 5.31. The number of hydrogen-bond donors (Lipinski definition) is 1. The van der Waals surface area contributed by atoms with E-state index in [1.165, 1.54) is 0 Å². The molecule has 0 heterocycles. The van der Waals surface area contributed by atoms with E-state index in [1.54, 1.807) is 19.1 Å². The summed E-state index contributed by atoms with van der Waals surface area (Å²) >= 11 is 0. The quantitative estimate of drug-likeness (QED) is 0.805. The first-order valence-corrected chi connectivity index (χ1v) is 5.52. The molecule has 90 valence electrons. The van der Waals surface area contributed by atoms with Crippen LogP contribution < -0.4 is 0 Å². The van der Waals surface area contributed by atoms with Crippen molar-refractivity contribution in [2.24, 2.45) is 0 Å². The summed E-state index contributed by atoms with van der Waals surface area (Å²) < 4.78 is 4.95. The van der Waals surface area contributed by atoms with Crippen molar-refractivity contribution in [3.05, 3.63) is 34.4 Å². The van der Waals surface area contributed by atoms with Crippen molar-refractivity contribution in [2.75, 3.05) is 6.61 Å². The van der Waals surface area contributed by atoms with Crippen molar-refractivity contribution >= 4 is 5.97 Å². The Morgan fingerprint density at radius 3 is 2.65 bits per heavy atom. The third-order valence-corrected chi connectivity index (χ3v) is 2.54. The number of aliphatic hydroxyl groups excluding tert-OH is 1.